The summed E-state index contributed by atoms with van der Waals surface area (Å²) in [7, 11) is -3.69. The molecule has 1 aromatic rings. The molecule has 2 atom stereocenters. The van der Waals surface area contributed by atoms with Gasteiger partial charge in [-0.3, -0.25) is 19.9 Å². The molecule has 27 heavy (non-hydrogen) atoms. The van der Waals surface area contributed by atoms with Gasteiger partial charge in [-0.2, -0.15) is 0 Å². The van der Waals surface area contributed by atoms with Gasteiger partial charge in [0.25, 0.3) is 5.91 Å². The molecule has 0 aliphatic carbocycles. The van der Waals surface area contributed by atoms with E-state index in [0.29, 0.717) is 5.06 Å². The van der Waals surface area contributed by atoms with Gasteiger partial charge >= 0.3 is 0 Å². The summed E-state index contributed by atoms with van der Waals surface area (Å²) in [5.41, 5.74) is -0.710. The third-order valence-electron chi connectivity index (χ3n) is 4.23. The van der Waals surface area contributed by atoms with Crippen LogP contribution in [0.3, 0.4) is 0 Å². The summed E-state index contributed by atoms with van der Waals surface area (Å²) in [6, 6.07) is 9.09. The Hall–Kier alpha value is -1.36. The molecule has 11 heteroatoms. The van der Waals surface area contributed by atoms with Crippen LogP contribution in [0.1, 0.15) is 11.9 Å². The predicted octanol–water partition coefficient (Wildman–Crippen LogP) is -0.306. The molecule has 0 spiro atoms. The molecule has 1 saturated heterocycles. The summed E-state index contributed by atoms with van der Waals surface area (Å²) < 4.78 is 22.4. The first-order valence-corrected chi connectivity index (χ1v) is 10.5. The number of benzene rings is 1. The minimum Gasteiger partial charge on any atom is -0.395 e. The van der Waals surface area contributed by atoms with Gasteiger partial charge in [-0.1, -0.05) is 30.3 Å². The molecule has 0 bridgehead atoms. The van der Waals surface area contributed by atoms with Crippen LogP contribution in [-0.4, -0.2) is 76.8 Å². The number of nitrogens with one attached hydrogen (secondary N) is 1. The third-order valence-corrected chi connectivity index (χ3v) is 5.51. The molecule has 1 aliphatic heterocycles. The van der Waals surface area contributed by atoms with E-state index >= 15 is 0 Å². The van der Waals surface area contributed by atoms with Gasteiger partial charge in [0.2, 0.25) is 7.37 Å². The summed E-state index contributed by atoms with van der Waals surface area (Å²) in [6.45, 7) is -0.649. The highest BCUT2D eigenvalue weighted by Gasteiger charge is 2.46. The SMILES string of the molecule is CP(=O)(O)C(O)CNCN(O)C(=O)C1(CO)COC(c2ccccc2)OC1. The first-order valence-electron chi connectivity index (χ1n) is 8.28. The number of hydroxylamine groups is 2. The van der Waals surface area contributed by atoms with Gasteiger partial charge in [-0.25, -0.2) is 5.06 Å². The minimum absolute atomic E-state index is 0.164. The zero-order chi connectivity index (χ0) is 20.1. The van der Waals surface area contributed by atoms with E-state index in [1.54, 1.807) is 12.1 Å². The molecule has 2 unspecified atom stereocenters. The number of aliphatic hydroxyl groups is 2. The van der Waals surface area contributed by atoms with Crippen molar-refractivity contribution in [3.8, 4) is 0 Å². The van der Waals surface area contributed by atoms with Crippen molar-refractivity contribution in [1.82, 2.24) is 10.4 Å². The minimum atomic E-state index is -3.69. The van der Waals surface area contributed by atoms with E-state index in [4.69, 9.17) is 9.47 Å². The summed E-state index contributed by atoms with van der Waals surface area (Å²) in [6.07, 6.45) is -0.678. The Morgan fingerprint density at radius 2 is 1.96 bits per heavy atom. The van der Waals surface area contributed by atoms with Gasteiger partial charge in [0.1, 0.15) is 11.3 Å². The molecule has 5 N–H and O–H groups in total. The van der Waals surface area contributed by atoms with Crippen LogP contribution in [0, 0.1) is 5.41 Å². The van der Waals surface area contributed by atoms with E-state index in [0.717, 1.165) is 12.2 Å². The van der Waals surface area contributed by atoms with Crippen molar-refractivity contribution in [2.75, 3.05) is 39.7 Å². The number of aliphatic hydroxyl groups excluding tert-OH is 2. The molecule has 1 aromatic carbocycles. The summed E-state index contributed by atoms with van der Waals surface area (Å²) in [4.78, 5) is 21.7. The topological polar surface area (TPSA) is 149 Å². The molecule has 0 radical (unpaired) electrons. The van der Waals surface area contributed by atoms with Gasteiger partial charge in [0, 0.05) is 18.8 Å². The standard InChI is InChI=1S/C16H25N2O8P/c1-27(23,24)13(20)7-17-11-18(22)15(21)16(8-19)9-25-14(26-10-16)12-5-3-2-4-6-12/h2-6,13-14,17,19-20,22H,7-11H2,1H3,(H,23,24). The maximum Gasteiger partial charge on any atom is 0.260 e. The molecule has 1 aliphatic rings. The maximum atomic E-state index is 12.5. The van der Waals surface area contributed by atoms with Crippen molar-refractivity contribution in [2.24, 2.45) is 5.41 Å². The molecule has 1 fully saturated rings. The lowest BCUT2D eigenvalue weighted by Gasteiger charge is -2.39. The number of amides is 1. The van der Waals surface area contributed by atoms with Crippen LogP contribution in [0.15, 0.2) is 30.3 Å². The van der Waals surface area contributed by atoms with Gasteiger partial charge in [0.05, 0.1) is 26.5 Å². The summed E-state index contributed by atoms with van der Waals surface area (Å²) in [5, 5.41) is 31.9. The molecular formula is C16H25N2O8P. The number of carbonyl (C=O) groups excluding carboxylic acids is 1. The number of carbonyl (C=O) groups is 1. The fourth-order valence-electron chi connectivity index (χ4n) is 2.46. The van der Waals surface area contributed by atoms with E-state index < -0.39 is 44.1 Å². The van der Waals surface area contributed by atoms with Crippen LogP contribution in [0.5, 0.6) is 0 Å². The average molecular weight is 404 g/mol. The lowest BCUT2D eigenvalue weighted by molar-refractivity contribution is -0.251. The second kappa shape index (κ2) is 9.22. The van der Waals surface area contributed by atoms with E-state index in [2.05, 4.69) is 5.32 Å². The highest BCUT2D eigenvalue weighted by Crippen LogP contribution is 2.39. The first kappa shape index (κ1) is 21.9. The van der Waals surface area contributed by atoms with Crippen LogP contribution in [0.2, 0.25) is 0 Å². The Bertz CT molecular complexity index is 660. The number of hydrogen-bond donors (Lipinski definition) is 5. The zero-order valence-electron chi connectivity index (χ0n) is 14.9. The molecule has 10 nitrogen and oxygen atoms in total. The second-order valence-corrected chi connectivity index (χ2v) is 9.03. The Labute approximate surface area is 156 Å². The number of ether oxygens (including phenoxy) is 2. The Balaban J connectivity index is 1.90. The molecule has 1 amide bonds. The van der Waals surface area contributed by atoms with Crippen LogP contribution in [0.25, 0.3) is 0 Å². The Kier molecular flexibility index (Phi) is 7.49. The Morgan fingerprint density at radius 3 is 2.48 bits per heavy atom. The molecule has 0 saturated carbocycles. The first-order chi connectivity index (χ1) is 12.7. The van der Waals surface area contributed by atoms with Gasteiger partial charge < -0.3 is 24.6 Å². The molecular weight excluding hydrogens is 379 g/mol. The highest BCUT2D eigenvalue weighted by atomic mass is 31.2. The number of rotatable bonds is 8. The number of nitrogens with zero attached hydrogens (tertiary/aromatic N) is 1. The molecule has 0 aromatic heterocycles. The van der Waals surface area contributed by atoms with E-state index in [1.807, 2.05) is 18.2 Å². The molecule has 152 valence electrons. The fraction of sp³-hybridized carbons (Fsp3) is 0.562. The lowest BCUT2D eigenvalue weighted by atomic mass is 9.89. The van der Waals surface area contributed by atoms with Crippen molar-refractivity contribution in [3.63, 3.8) is 0 Å². The van der Waals surface area contributed by atoms with Gasteiger partial charge in [-0.05, 0) is 0 Å². The van der Waals surface area contributed by atoms with Crippen LogP contribution < -0.4 is 5.32 Å². The highest BCUT2D eigenvalue weighted by molar-refractivity contribution is 7.57. The maximum absolute atomic E-state index is 12.5. The molecule has 1 heterocycles. The van der Waals surface area contributed by atoms with Crippen LogP contribution in [-0.2, 0) is 18.8 Å². The fourth-order valence-corrected chi connectivity index (χ4v) is 2.93. The zero-order valence-corrected chi connectivity index (χ0v) is 15.8. The largest absolute Gasteiger partial charge is 0.395 e. The second-order valence-electron chi connectivity index (χ2n) is 6.54. The van der Waals surface area contributed by atoms with E-state index in [9.17, 15) is 29.7 Å². The quantitative estimate of drug-likeness (QED) is 0.170. The van der Waals surface area contributed by atoms with Gasteiger partial charge in [-0.15, -0.1) is 0 Å². The van der Waals surface area contributed by atoms with E-state index in [-0.39, 0.29) is 19.8 Å². The lowest BCUT2D eigenvalue weighted by Crippen LogP contribution is -2.55. The van der Waals surface area contributed by atoms with Gasteiger partial charge in [0.15, 0.2) is 6.29 Å². The van der Waals surface area contributed by atoms with Crippen LogP contribution in [0.4, 0.5) is 0 Å². The van der Waals surface area contributed by atoms with Crippen molar-refractivity contribution in [1.29, 1.82) is 0 Å². The molecule has 2 rings (SSSR count). The normalized spacial score (nSPS) is 26.2. The van der Waals surface area contributed by atoms with E-state index in [1.165, 1.54) is 0 Å². The average Bonchev–Trinajstić information content (AvgIpc) is 2.67. The smallest absolute Gasteiger partial charge is 0.260 e. The predicted molar refractivity (Wildman–Crippen MR) is 93.9 cm³/mol. The Morgan fingerprint density at radius 1 is 1.37 bits per heavy atom. The summed E-state index contributed by atoms with van der Waals surface area (Å²) >= 11 is 0. The van der Waals surface area contributed by atoms with Crippen LogP contribution >= 0.6 is 7.37 Å². The van der Waals surface area contributed by atoms with Crippen molar-refractivity contribution < 1.29 is 39.1 Å². The monoisotopic (exact) mass is 404 g/mol. The summed E-state index contributed by atoms with van der Waals surface area (Å²) in [5.74, 6) is -2.36. The third kappa shape index (κ3) is 5.56. The van der Waals surface area contributed by atoms with Crippen molar-refractivity contribution in [2.45, 2.75) is 12.1 Å². The number of hydrogen-bond acceptors (Lipinski definition) is 8. The van der Waals surface area contributed by atoms with Crippen molar-refractivity contribution >= 4 is 13.3 Å². The van der Waals surface area contributed by atoms with Crippen molar-refractivity contribution in [3.05, 3.63) is 35.9 Å².